The number of anilines is 1. The van der Waals surface area contributed by atoms with Crippen molar-refractivity contribution in [3.8, 4) is 5.75 Å². The van der Waals surface area contributed by atoms with E-state index in [2.05, 4.69) is 10.3 Å². The number of nitrogens with zero attached hydrogens (tertiary/aromatic N) is 2. The molecule has 0 unspecified atom stereocenters. The van der Waals surface area contributed by atoms with E-state index in [4.69, 9.17) is 4.74 Å². The van der Waals surface area contributed by atoms with Crippen molar-refractivity contribution in [2.24, 2.45) is 4.99 Å². The number of para-hydroxylation sites is 2. The third-order valence-electron chi connectivity index (χ3n) is 2.86. The second-order valence-corrected chi connectivity index (χ2v) is 5.86. The van der Waals surface area contributed by atoms with Gasteiger partial charge in [-0.05, 0) is 12.1 Å². The molecule has 1 atom stereocenters. The summed E-state index contributed by atoms with van der Waals surface area (Å²) in [6, 6.07) is 7.14. The van der Waals surface area contributed by atoms with Gasteiger partial charge in [-0.25, -0.2) is 0 Å². The first-order chi connectivity index (χ1) is 10.0. The van der Waals surface area contributed by atoms with E-state index < -0.39 is 5.25 Å². The van der Waals surface area contributed by atoms with Gasteiger partial charge >= 0.3 is 0 Å². The topological polar surface area (TPSA) is 71.0 Å². The molecule has 0 saturated carbocycles. The molecule has 1 N–H and O–H groups in total. The van der Waals surface area contributed by atoms with E-state index in [1.54, 1.807) is 30.2 Å². The summed E-state index contributed by atoms with van der Waals surface area (Å²) in [5, 5.41) is 2.93. The highest BCUT2D eigenvalue weighted by Crippen LogP contribution is 2.28. The van der Waals surface area contributed by atoms with Gasteiger partial charge in [0.15, 0.2) is 5.17 Å². The van der Waals surface area contributed by atoms with Crippen molar-refractivity contribution < 1.29 is 14.3 Å². The van der Waals surface area contributed by atoms with E-state index in [9.17, 15) is 9.59 Å². The Morgan fingerprint density at radius 2 is 2.14 bits per heavy atom. The van der Waals surface area contributed by atoms with Crippen LogP contribution in [0.5, 0.6) is 5.75 Å². The van der Waals surface area contributed by atoms with E-state index in [1.807, 2.05) is 20.2 Å². The number of amides is 2. The average molecular weight is 307 g/mol. The first kappa shape index (κ1) is 15.4. The van der Waals surface area contributed by atoms with Crippen LogP contribution in [-0.2, 0) is 9.59 Å². The molecule has 1 aliphatic heterocycles. The number of methoxy groups -OCH3 is 1. The van der Waals surface area contributed by atoms with Crippen LogP contribution < -0.4 is 10.1 Å². The highest BCUT2D eigenvalue weighted by atomic mass is 32.2. The number of carbonyl (C=O) groups excluding carboxylic acids is 2. The first-order valence-electron chi connectivity index (χ1n) is 6.40. The van der Waals surface area contributed by atoms with Crippen molar-refractivity contribution in [2.75, 3.05) is 26.5 Å². The van der Waals surface area contributed by atoms with Gasteiger partial charge in [0.1, 0.15) is 11.0 Å². The fraction of sp³-hybridized carbons (Fsp3) is 0.357. The highest BCUT2D eigenvalue weighted by Gasteiger charge is 2.31. The van der Waals surface area contributed by atoms with Gasteiger partial charge in [0, 0.05) is 20.5 Å². The van der Waals surface area contributed by atoms with E-state index in [0.717, 1.165) is 0 Å². The number of benzene rings is 1. The number of hydrogen-bond acceptors (Lipinski definition) is 5. The van der Waals surface area contributed by atoms with Crippen LogP contribution in [0, 0.1) is 0 Å². The molecular weight excluding hydrogens is 290 g/mol. The Bertz CT molecular complexity index is 587. The van der Waals surface area contributed by atoms with Crippen LogP contribution in [0.25, 0.3) is 0 Å². The number of carbonyl (C=O) groups is 2. The molecule has 1 aromatic carbocycles. The minimum Gasteiger partial charge on any atom is -0.495 e. The molecule has 1 heterocycles. The van der Waals surface area contributed by atoms with Gasteiger partial charge in [-0.3, -0.25) is 9.59 Å². The molecular formula is C14H17N3O3S. The molecule has 0 bridgehead atoms. The number of nitrogens with one attached hydrogen (secondary N) is 1. The Morgan fingerprint density at radius 3 is 2.76 bits per heavy atom. The number of aliphatic imine (C=N–C) groups is 1. The molecule has 0 aromatic heterocycles. The lowest BCUT2D eigenvalue weighted by Crippen LogP contribution is -2.22. The molecule has 0 fully saturated rings. The minimum absolute atomic E-state index is 0.0857. The molecule has 6 nitrogen and oxygen atoms in total. The maximum atomic E-state index is 12.1. The summed E-state index contributed by atoms with van der Waals surface area (Å²) in [4.78, 5) is 29.5. The molecule has 0 spiro atoms. The summed E-state index contributed by atoms with van der Waals surface area (Å²) in [6.07, 6.45) is 0.0857. The summed E-state index contributed by atoms with van der Waals surface area (Å²) < 4.78 is 5.17. The number of amidine groups is 1. The second-order valence-electron chi connectivity index (χ2n) is 4.69. The standard InChI is InChI=1S/C14H17N3O3S/c1-17(2)14-16-13(19)11(21-14)8-12(18)15-9-6-4-5-7-10(9)20-3/h4-7,11H,8H2,1-3H3,(H,15,18)/t11-/m1/s1. The summed E-state index contributed by atoms with van der Waals surface area (Å²) in [5.74, 6) is 0.0842. The molecule has 21 heavy (non-hydrogen) atoms. The summed E-state index contributed by atoms with van der Waals surface area (Å²) in [6.45, 7) is 0. The van der Waals surface area contributed by atoms with Crippen molar-refractivity contribution in [1.29, 1.82) is 0 Å². The van der Waals surface area contributed by atoms with Gasteiger partial charge in [-0.2, -0.15) is 4.99 Å². The van der Waals surface area contributed by atoms with Crippen LogP contribution in [0.15, 0.2) is 29.3 Å². The van der Waals surface area contributed by atoms with Crippen molar-refractivity contribution in [3.05, 3.63) is 24.3 Å². The zero-order valence-corrected chi connectivity index (χ0v) is 12.9. The van der Waals surface area contributed by atoms with Crippen LogP contribution in [0.2, 0.25) is 0 Å². The van der Waals surface area contributed by atoms with Crippen molar-refractivity contribution in [2.45, 2.75) is 11.7 Å². The number of thioether (sulfide) groups is 1. The molecule has 0 aliphatic carbocycles. The summed E-state index contributed by atoms with van der Waals surface area (Å²) in [7, 11) is 5.17. The van der Waals surface area contributed by atoms with Gasteiger partial charge in [0.05, 0.1) is 12.8 Å². The molecule has 112 valence electrons. The molecule has 1 aliphatic rings. The van der Waals surface area contributed by atoms with Crippen LogP contribution in [0.3, 0.4) is 0 Å². The van der Waals surface area contributed by atoms with Crippen LogP contribution in [0.4, 0.5) is 5.69 Å². The van der Waals surface area contributed by atoms with Gasteiger partial charge in [-0.15, -0.1) is 0 Å². The largest absolute Gasteiger partial charge is 0.495 e. The van der Waals surface area contributed by atoms with E-state index in [1.165, 1.54) is 11.8 Å². The van der Waals surface area contributed by atoms with Gasteiger partial charge in [0.2, 0.25) is 5.91 Å². The third kappa shape index (κ3) is 3.75. The second kappa shape index (κ2) is 6.62. The Hall–Kier alpha value is -2.02. The lowest BCUT2D eigenvalue weighted by molar-refractivity contribution is -0.121. The lowest BCUT2D eigenvalue weighted by atomic mass is 10.2. The summed E-state index contributed by atoms with van der Waals surface area (Å²) in [5.41, 5.74) is 0.592. The number of ether oxygens (including phenoxy) is 1. The summed E-state index contributed by atoms with van der Waals surface area (Å²) >= 11 is 1.31. The van der Waals surface area contributed by atoms with E-state index >= 15 is 0 Å². The van der Waals surface area contributed by atoms with Crippen molar-refractivity contribution >= 4 is 34.4 Å². The molecule has 0 radical (unpaired) electrons. The van der Waals surface area contributed by atoms with Gasteiger partial charge in [-0.1, -0.05) is 23.9 Å². The number of hydrogen-bond donors (Lipinski definition) is 1. The molecule has 2 amide bonds. The molecule has 1 aromatic rings. The highest BCUT2D eigenvalue weighted by molar-refractivity contribution is 8.15. The maximum absolute atomic E-state index is 12.1. The number of rotatable bonds is 4. The predicted octanol–water partition coefficient (Wildman–Crippen LogP) is 1.58. The van der Waals surface area contributed by atoms with Crippen molar-refractivity contribution in [3.63, 3.8) is 0 Å². The van der Waals surface area contributed by atoms with E-state index in [-0.39, 0.29) is 18.2 Å². The minimum atomic E-state index is -0.461. The smallest absolute Gasteiger partial charge is 0.262 e. The maximum Gasteiger partial charge on any atom is 0.262 e. The SMILES string of the molecule is COc1ccccc1NC(=O)C[C@H]1SC(N(C)C)=NC1=O. The van der Waals surface area contributed by atoms with Gasteiger partial charge in [0.25, 0.3) is 5.91 Å². The molecule has 7 heteroatoms. The molecule has 0 saturated heterocycles. The van der Waals surface area contributed by atoms with Crippen LogP contribution in [0.1, 0.15) is 6.42 Å². The average Bonchev–Trinajstić information content (AvgIpc) is 2.81. The van der Waals surface area contributed by atoms with E-state index in [0.29, 0.717) is 16.6 Å². The Morgan fingerprint density at radius 1 is 1.43 bits per heavy atom. The molecule has 2 rings (SSSR count). The predicted molar refractivity (Wildman–Crippen MR) is 83.7 cm³/mol. The fourth-order valence-electron chi connectivity index (χ4n) is 1.82. The van der Waals surface area contributed by atoms with Gasteiger partial charge < -0.3 is 15.0 Å². The normalized spacial score (nSPS) is 17.4. The lowest BCUT2D eigenvalue weighted by Gasteiger charge is -2.13. The third-order valence-corrected chi connectivity index (χ3v) is 4.18. The zero-order chi connectivity index (χ0) is 15.4. The first-order valence-corrected chi connectivity index (χ1v) is 7.28. The Kier molecular flexibility index (Phi) is 4.85. The van der Waals surface area contributed by atoms with Crippen LogP contribution in [-0.4, -0.2) is 48.3 Å². The quantitative estimate of drug-likeness (QED) is 0.914. The Labute approximate surface area is 127 Å². The van der Waals surface area contributed by atoms with Crippen molar-refractivity contribution in [1.82, 2.24) is 4.90 Å². The van der Waals surface area contributed by atoms with Crippen LogP contribution >= 0.6 is 11.8 Å². The zero-order valence-electron chi connectivity index (χ0n) is 12.1. The Balaban J connectivity index is 1.96. The fourth-order valence-corrected chi connectivity index (χ4v) is 2.82. The monoisotopic (exact) mass is 307 g/mol.